The largest absolute Gasteiger partial charge is 0.347 e. The summed E-state index contributed by atoms with van der Waals surface area (Å²) in [5.41, 5.74) is 2.83. The maximum atomic E-state index is 13.7. The summed E-state index contributed by atoms with van der Waals surface area (Å²) in [5, 5.41) is 7.43. The van der Waals surface area contributed by atoms with Gasteiger partial charge in [0, 0.05) is 34.0 Å². The molecule has 1 aromatic carbocycles. The zero-order valence-electron chi connectivity index (χ0n) is 15.2. The van der Waals surface area contributed by atoms with Crippen LogP contribution in [0.15, 0.2) is 36.4 Å². The Balaban J connectivity index is 1.84. The van der Waals surface area contributed by atoms with E-state index in [0.29, 0.717) is 17.8 Å². The molecule has 2 aromatic heterocycles. The third-order valence-corrected chi connectivity index (χ3v) is 5.13. The van der Waals surface area contributed by atoms with Crippen molar-refractivity contribution in [3.05, 3.63) is 63.2 Å². The van der Waals surface area contributed by atoms with E-state index in [9.17, 15) is 9.18 Å². The molecule has 6 heteroatoms. The number of aryl methyl sites for hydroxylation is 3. The van der Waals surface area contributed by atoms with Crippen LogP contribution in [0, 0.1) is 19.7 Å². The first-order valence-corrected chi connectivity index (χ1v) is 9.48. The molecule has 0 spiro atoms. The van der Waals surface area contributed by atoms with Crippen LogP contribution in [-0.4, -0.2) is 15.7 Å². The van der Waals surface area contributed by atoms with Gasteiger partial charge < -0.3 is 5.32 Å². The van der Waals surface area contributed by atoms with Crippen LogP contribution in [-0.2, 0) is 13.1 Å². The lowest BCUT2D eigenvalue weighted by molar-refractivity contribution is 0.0939. The smallest absolute Gasteiger partial charge is 0.269 e. The highest BCUT2D eigenvalue weighted by atomic mass is 32.1. The van der Waals surface area contributed by atoms with E-state index in [4.69, 9.17) is 0 Å². The number of nitrogens with zero attached hydrogens (tertiary/aromatic N) is 2. The number of hydrogen-bond donors (Lipinski definition) is 1. The summed E-state index contributed by atoms with van der Waals surface area (Å²) < 4.78 is 15.5. The highest BCUT2D eigenvalue weighted by Crippen LogP contribution is 2.30. The Bertz CT molecular complexity index is 929. The fraction of sp³-hybridized carbons (Fsp3) is 0.300. The SMILES string of the molecule is CCCn1nc(-c2cc(C)sc2C)cc1C(=O)NCc1ccccc1F. The summed E-state index contributed by atoms with van der Waals surface area (Å²) in [5.74, 6) is -0.565. The van der Waals surface area contributed by atoms with E-state index in [2.05, 4.69) is 30.3 Å². The van der Waals surface area contributed by atoms with Crippen molar-refractivity contribution in [3.8, 4) is 11.3 Å². The topological polar surface area (TPSA) is 46.9 Å². The first-order valence-electron chi connectivity index (χ1n) is 8.66. The van der Waals surface area contributed by atoms with Crippen molar-refractivity contribution in [1.29, 1.82) is 0 Å². The Morgan fingerprint density at radius 3 is 2.69 bits per heavy atom. The fourth-order valence-corrected chi connectivity index (χ4v) is 3.84. The van der Waals surface area contributed by atoms with Crippen molar-refractivity contribution in [2.45, 2.75) is 40.3 Å². The lowest BCUT2D eigenvalue weighted by Gasteiger charge is -2.08. The van der Waals surface area contributed by atoms with Crippen LogP contribution < -0.4 is 5.32 Å². The van der Waals surface area contributed by atoms with Crippen LogP contribution in [0.2, 0.25) is 0 Å². The molecule has 3 aromatic rings. The van der Waals surface area contributed by atoms with Gasteiger partial charge in [0.1, 0.15) is 11.5 Å². The Labute approximate surface area is 156 Å². The van der Waals surface area contributed by atoms with Crippen molar-refractivity contribution < 1.29 is 9.18 Å². The molecule has 0 aliphatic heterocycles. The number of hydrogen-bond acceptors (Lipinski definition) is 3. The summed E-state index contributed by atoms with van der Waals surface area (Å²) in [6.45, 7) is 6.97. The van der Waals surface area contributed by atoms with Crippen LogP contribution in [0.5, 0.6) is 0 Å². The molecular formula is C20H22FN3OS. The maximum Gasteiger partial charge on any atom is 0.269 e. The molecule has 0 saturated heterocycles. The second-order valence-electron chi connectivity index (χ2n) is 6.24. The molecule has 0 aliphatic carbocycles. The monoisotopic (exact) mass is 371 g/mol. The highest BCUT2D eigenvalue weighted by Gasteiger charge is 2.18. The minimum absolute atomic E-state index is 0.148. The number of carbonyl (C=O) groups excluding carboxylic acids is 1. The highest BCUT2D eigenvalue weighted by molar-refractivity contribution is 7.12. The minimum Gasteiger partial charge on any atom is -0.347 e. The van der Waals surface area contributed by atoms with E-state index < -0.39 is 0 Å². The van der Waals surface area contributed by atoms with Gasteiger partial charge in [0.15, 0.2) is 0 Å². The van der Waals surface area contributed by atoms with Gasteiger partial charge in [-0.2, -0.15) is 5.10 Å². The molecule has 0 saturated carbocycles. The number of amides is 1. The standard InChI is InChI=1S/C20H22FN3OS/c1-4-9-24-19(11-18(23-24)16-10-13(2)26-14(16)3)20(25)22-12-15-7-5-6-8-17(15)21/h5-8,10-11H,4,9,12H2,1-3H3,(H,22,25). The van der Waals surface area contributed by atoms with Crippen LogP contribution in [0.25, 0.3) is 11.3 Å². The summed E-state index contributed by atoms with van der Waals surface area (Å²) >= 11 is 1.72. The van der Waals surface area contributed by atoms with Gasteiger partial charge in [-0.15, -0.1) is 11.3 Å². The number of thiophene rings is 1. The normalized spacial score (nSPS) is 10.9. The molecule has 0 unspecified atom stereocenters. The third-order valence-electron chi connectivity index (χ3n) is 4.16. The third kappa shape index (κ3) is 3.85. The molecule has 0 radical (unpaired) electrons. The Morgan fingerprint density at radius 2 is 2.04 bits per heavy atom. The summed E-state index contributed by atoms with van der Waals surface area (Å²) in [6.07, 6.45) is 0.871. The molecule has 4 nitrogen and oxygen atoms in total. The van der Waals surface area contributed by atoms with E-state index in [-0.39, 0.29) is 18.3 Å². The van der Waals surface area contributed by atoms with Gasteiger partial charge in [0.2, 0.25) is 0 Å². The lowest BCUT2D eigenvalue weighted by atomic mass is 10.1. The van der Waals surface area contributed by atoms with Gasteiger partial charge in [-0.3, -0.25) is 9.48 Å². The average Bonchev–Trinajstić information content (AvgIpc) is 3.17. The molecule has 0 bridgehead atoms. The van der Waals surface area contributed by atoms with Gasteiger partial charge >= 0.3 is 0 Å². The zero-order chi connectivity index (χ0) is 18.7. The van der Waals surface area contributed by atoms with Crippen molar-refractivity contribution >= 4 is 17.2 Å². The van der Waals surface area contributed by atoms with Gasteiger partial charge in [-0.05, 0) is 38.5 Å². The minimum atomic E-state index is -0.320. The van der Waals surface area contributed by atoms with Crippen LogP contribution in [0.4, 0.5) is 4.39 Å². The Hall–Kier alpha value is -2.47. The van der Waals surface area contributed by atoms with Gasteiger partial charge in [0.05, 0.1) is 5.69 Å². The number of benzene rings is 1. The Morgan fingerprint density at radius 1 is 1.27 bits per heavy atom. The lowest BCUT2D eigenvalue weighted by Crippen LogP contribution is -2.26. The Kier molecular flexibility index (Phi) is 5.52. The van der Waals surface area contributed by atoms with Gasteiger partial charge in [-0.25, -0.2) is 4.39 Å². The van der Waals surface area contributed by atoms with Crippen molar-refractivity contribution in [3.63, 3.8) is 0 Å². The number of rotatable bonds is 6. The predicted octanol–water partition coefficient (Wildman–Crippen LogP) is 4.71. The number of aromatic nitrogens is 2. The average molecular weight is 371 g/mol. The molecule has 136 valence electrons. The fourth-order valence-electron chi connectivity index (χ4n) is 2.91. The molecule has 1 N–H and O–H groups in total. The van der Waals surface area contributed by atoms with Crippen LogP contribution in [0.3, 0.4) is 0 Å². The molecule has 0 fully saturated rings. The van der Waals surface area contributed by atoms with Gasteiger partial charge in [-0.1, -0.05) is 25.1 Å². The summed E-state index contributed by atoms with van der Waals surface area (Å²) in [4.78, 5) is 15.1. The van der Waals surface area contributed by atoms with E-state index >= 15 is 0 Å². The van der Waals surface area contributed by atoms with Crippen molar-refractivity contribution in [2.75, 3.05) is 0 Å². The predicted molar refractivity (Wildman–Crippen MR) is 103 cm³/mol. The van der Waals surface area contributed by atoms with E-state index in [1.807, 2.05) is 13.0 Å². The number of halogens is 1. The summed E-state index contributed by atoms with van der Waals surface area (Å²) in [7, 11) is 0. The number of nitrogens with one attached hydrogen (secondary N) is 1. The zero-order valence-corrected chi connectivity index (χ0v) is 16.0. The van der Waals surface area contributed by atoms with E-state index in [1.54, 1.807) is 34.2 Å². The maximum absolute atomic E-state index is 13.7. The molecule has 1 amide bonds. The first kappa shape index (κ1) is 18.3. The van der Waals surface area contributed by atoms with Gasteiger partial charge in [0.25, 0.3) is 5.91 Å². The molecule has 0 aliphatic rings. The molecule has 26 heavy (non-hydrogen) atoms. The molecule has 2 heterocycles. The second kappa shape index (κ2) is 7.83. The van der Waals surface area contributed by atoms with Crippen molar-refractivity contribution in [2.24, 2.45) is 0 Å². The quantitative estimate of drug-likeness (QED) is 0.682. The molecular weight excluding hydrogens is 349 g/mol. The van der Waals surface area contributed by atoms with Crippen LogP contribution >= 0.6 is 11.3 Å². The molecule has 3 rings (SSSR count). The molecule has 0 atom stereocenters. The number of carbonyl (C=O) groups is 1. The van der Waals surface area contributed by atoms with Crippen molar-refractivity contribution in [1.82, 2.24) is 15.1 Å². The van der Waals surface area contributed by atoms with Crippen LogP contribution in [0.1, 0.15) is 39.2 Å². The summed E-state index contributed by atoms with van der Waals surface area (Å²) in [6, 6.07) is 10.4. The first-order chi connectivity index (χ1) is 12.5. The second-order valence-corrected chi connectivity index (χ2v) is 7.70. The van der Waals surface area contributed by atoms with E-state index in [0.717, 1.165) is 17.7 Å². The van der Waals surface area contributed by atoms with E-state index in [1.165, 1.54) is 15.8 Å².